The van der Waals surface area contributed by atoms with E-state index in [9.17, 15) is 0 Å². The zero-order valence-electron chi connectivity index (χ0n) is 11.9. The Morgan fingerprint density at radius 2 is 2.32 bits per heavy atom. The van der Waals surface area contributed by atoms with E-state index in [1.807, 2.05) is 18.2 Å². The third-order valence-electron chi connectivity index (χ3n) is 3.67. The van der Waals surface area contributed by atoms with Gasteiger partial charge in [0, 0.05) is 24.8 Å². The molecule has 1 N–H and O–H groups in total. The maximum Gasteiger partial charge on any atom is 0.0992 e. The quantitative estimate of drug-likeness (QED) is 0.901. The molecule has 19 heavy (non-hydrogen) atoms. The molecule has 3 nitrogen and oxygen atoms in total. The average molecular weight is 257 g/mol. The Morgan fingerprint density at radius 1 is 1.47 bits per heavy atom. The fourth-order valence-electron chi connectivity index (χ4n) is 2.64. The van der Waals surface area contributed by atoms with Gasteiger partial charge in [0.25, 0.3) is 0 Å². The summed E-state index contributed by atoms with van der Waals surface area (Å²) in [6, 6.07) is 10.7. The molecule has 2 rings (SSSR count). The number of benzene rings is 1. The van der Waals surface area contributed by atoms with Crippen LogP contribution >= 0.6 is 0 Å². The van der Waals surface area contributed by atoms with Crippen LogP contribution in [-0.2, 0) is 0 Å². The van der Waals surface area contributed by atoms with Crippen molar-refractivity contribution in [1.29, 1.82) is 5.26 Å². The normalized spacial score (nSPS) is 19.5. The van der Waals surface area contributed by atoms with Gasteiger partial charge in [-0.3, -0.25) is 0 Å². The Morgan fingerprint density at radius 3 is 3.05 bits per heavy atom. The Bertz CT molecular complexity index is 448. The molecule has 0 spiro atoms. The summed E-state index contributed by atoms with van der Waals surface area (Å²) >= 11 is 0. The van der Waals surface area contributed by atoms with Gasteiger partial charge in [-0.25, -0.2) is 0 Å². The summed E-state index contributed by atoms with van der Waals surface area (Å²) in [4.78, 5) is 2.41. The van der Waals surface area contributed by atoms with Crippen molar-refractivity contribution in [3.8, 4) is 6.07 Å². The van der Waals surface area contributed by atoms with Gasteiger partial charge in [0.05, 0.1) is 11.6 Å². The first kappa shape index (κ1) is 13.9. The number of nitriles is 1. The van der Waals surface area contributed by atoms with Crippen LogP contribution < -0.4 is 10.2 Å². The first-order chi connectivity index (χ1) is 9.19. The molecule has 1 heterocycles. The lowest BCUT2D eigenvalue weighted by atomic mass is 9.97. The second-order valence-corrected chi connectivity index (χ2v) is 5.68. The van der Waals surface area contributed by atoms with Crippen LogP contribution in [0.5, 0.6) is 0 Å². The molecule has 3 heteroatoms. The minimum atomic E-state index is 0.553. The van der Waals surface area contributed by atoms with Crippen LogP contribution in [0.25, 0.3) is 0 Å². The smallest absolute Gasteiger partial charge is 0.0992 e. The molecule has 0 bridgehead atoms. The highest BCUT2D eigenvalue weighted by molar-refractivity contribution is 5.51. The zero-order chi connectivity index (χ0) is 13.7. The van der Waals surface area contributed by atoms with E-state index in [-0.39, 0.29) is 0 Å². The molecule has 0 radical (unpaired) electrons. The van der Waals surface area contributed by atoms with E-state index in [4.69, 9.17) is 5.26 Å². The fraction of sp³-hybridized carbons (Fsp3) is 0.562. The fourth-order valence-corrected chi connectivity index (χ4v) is 2.64. The van der Waals surface area contributed by atoms with Crippen LogP contribution in [0, 0.1) is 17.2 Å². The van der Waals surface area contributed by atoms with Crippen molar-refractivity contribution >= 4 is 5.69 Å². The minimum Gasteiger partial charge on any atom is -0.371 e. The molecule has 1 aromatic carbocycles. The number of piperidine rings is 1. The highest BCUT2D eigenvalue weighted by Gasteiger charge is 2.20. The molecular formula is C16H23N3. The van der Waals surface area contributed by atoms with Gasteiger partial charge in [-0.05, 0) is 43.5 Å². The molecule has 0 aliphatic carbocycles. The van der Waals surface area contributed by atoms with Crippen molar-refractivity contribution in [2.75, 3.05) is 24.5 Å². The van der Waals surface area contributed by atoms with Crippen LogP contribution in [-0.4, -0.2) is 25.7 Å². The summed E-state index contributed by atoms with van der Waals surface area (Å²) in [6.07, 6.45) is 2.54. The van der Waals surface area contributed by atoms with Crippen molar-refractivity contribution in [3.63, 3.8) is 0 Å². The lowest BCUT2D eigenvalue weighted by molar-refractivity contribution is 0.379. The van der Waals surface area contributed by atoms with E-state index in [1.54, 1.807) is 0 Å². The van der Waals surface area contributed by atoms with Gasteiger partial charge in [-0.2, -0.15) is 5.26 Å². The highest BCUT2D eigenvalue weighted by atomic mass is 15.1. The van der Waals surface area contributed by atoms with Gasteiger partial charge < -0.3 is 10.2 Å². The maximum atomic E-state index is 8.98. The van der Waals surface area contributed by atoms with Crippen LogP contribution in [0.4, 0.5) is 5.69 Å². The van der Waals surface area contributed by atoms with Crippen molar-refractivity contribution in [2.45, 2.75) is 32.7 Å². The molecular weight excluding hydrogens is 234 g/mol. The van der Waals surface area contributed by atoms with E-state index in [0.717, 1.165) is 25.2 Å². The molecule has 0 saturated carbocycles. The topological polar surface area (TPSA) is 39.1 Å². The third-order valence-corrected chi connectivity index (χ3v) is 3.67. The highest BCUT2D eigenvalue weighted by Crippen LogP contribution is 2.23. The minimum absolute atomic E-state index is 0.553. The second-order valence-electron chi connectivity index (χ2n) is 5.68. The molecule has 1 unspecified atom stereocenters. The second kappa shape index (κ2) is 6.58. The van der Waals surface area contributed by atoms with Gasteiger partial charge in [0.2, 0.25) is 0 Å². The van der Waals surface area contributed by atoms with E-state index in [1.165, 1.54) is 18.5 Å². The summed E-state index contributed by atoms with van der Waals surface area (Å²) in [5.41, 5.74) is 1.94. The molecule has 1 fully saturated rings. The van der Waals surface area contributed by atoms with Crippen molar-refractivity contribution < 1.29 is 0 Å². The van der Waals surface area contributed by atoms with Gasteiger partial charge in [0.15, 0.2) is 0 Å². The number of nitrogens with one attached hydrogen (secondary N) is 1. The van der Waals surface area contributed by atoms with Crippen molar-refractivity contribution in [1.82, 2.24) is 5.32 Å². The lowest BCUT2D eigenvalue weighted by Crippen LogP contribution is -2.41. The van der Waals surface area contributed by atoms with E-state index in [2.05, 4.69) is 36.2 Å². The Hall–Kier alpha value is -1.53. The summed E-state index contributed by atoms with van der Waals surface area (Å²) in [6.45, 7) is 7.67. The molecule has 1 atom stereocenters. The van der Waals surface area contributed by atoms with Crippen LogP contribution in [0.1, 0.15) is 32.3 Å². The number of hydrogen-bond donors (Lipinski definition) is 1. The lowest BCUT2D eigenvalue weighted by Gasteiger charge is -2.35. The largest absolute Gasteiger partial charge is 0.371 e. The number of anilines is 1. The predicted octanol–water partition coefficient (Wildman–Crippen LogP) is 2.77. The first-order valence-corrected chi connectivity index (χ1v) is 7.17. The van der Waals surface area contributed by atoms with E-state index in [0.29, 0.717) is 12.0 Å². The van der Waals surface area contributed by atoms with Gasteiger partial charge >= 0.3 is 0 Å². The number of rotatable bonds is 4. The van der Waals surface area contributed by atoms with E-state index >= 15 is 0 Å². The van der Waals surface area contributed by atoms with Crippen LogP contribution in [0.2, 0.25) is 0 Å². The first-order valence-electron chi connectivity index (χ1n) is 7.17. The molecule has 1 aliphatic heterocycles. The molecule has 102 valence electrons. The molecule has 0 aromatic heterocycles. The SMILES string of the molecule is CC(C)NCC1CCCN(c2cccc(C#N)c2)C1. The Kier molecular flexibility index (Phi) is 4.81. The summed E-state index contributed by atoms with van der Waals surface area (Å²) < 4.78 is 0. The standard InChI is InChI=1S/C16H23N3/c1-13(2)18-11-15-6-4-8-19(12-15)16-7-3-5-14(9-16)10-17/h3,5,7,9,13,15,18H,4,6,8,11-12H2,1-2H3. The van der Waals surface area contributed by atoms with Gasteiger partial charge in [-0.15, -0.1) is 0 Å². The van der Waals surface area contributed by atoms with Gasteiger partial charge in [0.1, 0.15) is 0 Å². The number of nitrogens with zero attached hydrogens (tertiary/aromatic N) is 2. The molecule has 1 aromatic rings. The predicted molar refractivity (Wildman–Crippen MR) is 79.2 cm³/mol. The number of hydrogen-bond acceptors (Lipinski definition) is 3. The van der Waals surface area contributed by atoms with Crippen molar-refractivity contribution in [2.24, 2.45) is 5.92 Å². The van der Waals surface area contributed by atoms with E-state index < -0.39 is 0 Å². The Labute approximate surface area is 116 Å². The summed E-state index contributed by atoms with van der Waals surface area (Å²) in [5.74, 6) is 0.710. The maximum absolute atomic E-state index is 8.98. The van der Waals surface area contributed by atoms with Crippen LogP contribution in [0.3, 0.4) is 0 Å². The van der Waals surface area contributed by atoms with Crippen molar-refractivity contribution in [3.05, 3.63) is 29.8 Å². The Balaban J connectivity index is 1.98. The summed E-state index contributed by atoms with van der Waals surface area (Å²) in [7, 11) is 0. The molecule has 1 aliphatic rings. The molecule has 1 saturated heterocycles. The van der Waals surface area contributed by atoms with Gasteiger partial charge in [-0.1, -0.05) is 19.9 Å². The summed E-state index contributed by atoms with van der Waals surface area (Å²) in [5, 5.41) is 12.5. The average Bonchev–Trinajstić information content (AvgIpc) is 2.45. The monoisotopic (exact) mass is 257 g/mol. The third kappa shape index (κ3) is 3.97. The zero-order valence-corrected chi connectivity index (χ0v) is 11.9. The van der Waals surface area contributed by atoms with Crippen LogP contribution in [0.15, 0.2) is 24.3 Å². The molecule has 0 amide bonds.